The zero-order valence-corrected chi connectivity index (χ0v) is 7.92. The molecule has 0 radical (unpaired) electrons. The predicted octanol–water partition coefficient (Wildman–Crippen LogP) is 1.61. The maximum absolute atomic E-state index is 11.0. The van der Waals surface area contributed by atoms with E-state index in [1.165, 1.54) is 0 Å². The molecule has 1 N–H and O–H groups in total. The number of allylic oxidation sites excluding steroid dienone is 4. The molecule has 1 fully saturated rings. The van der Waals surface area contributed by atoms with E-state index in [-0.39, 0.29) is 11.3 Å². The van der Waals surface area contributed by atoms with Gasteiger partial charge in [-0.05, 0) is 6.92 Å². The van der Waals surface area contributed by atoms with Crippen molar-refractivity contribution in [3.8, 4) is 0 Å². The van der Waals surface area contributed by atoms with Crippen LogP contribution in [0.25, 0.3) is 0 Å². The summed E-state index contributed by atoms with van der Waals surface area (Å²) < 4.78 is 0. The quantitative estimate of drug-likeness (QED) is 0.663. The van der Waals surface area contributed by atoms with Gasteiger partial charge in [-0.15, -0.1) is 0 Å². The van der Waals surface area contributed by atoms with Crippen LogP contribution in [-0.2, 0) is 4.79 Å². The van der Waals surface area contributed by atoms with Gasteiger partial charge < -0.3 is 5.32 Å². The Morgan fingerprint density at radius 3 is 2.77 bits per heavy atom. The number of carbonyl (C=O) groups excluding carboxylic acids is 1. The van der Waals surface area contributed by atoms with Crippen molar-refractivity contribution < 1.29 is 4.79 Å². The molecule has 0 bridgehead atoms. The van der Waals surface area contributed by atoms with Gasteiger partial charge in [0, 0.05) is 12.0 Å². The fraction of sp³-hybridized carbons (Fsp3) is 0.364. The minimum Gasteiger partial charge on any atom is -0.301 e. The van der Waals surface area contributed by atoms with Gasteiger partial charge in [-0.1, -0.05) is 37.0 Å². The monoisotopic (exact) mass is 177 g/mol. The van der Waals surface area contributed by atoms with Gasteiger partial charge in [0.2, 0.25) is 0 Å². The first-order valence-corrected chi connectivity index (χ1v) is 4.40. The molecule has 0 aromatic heterocycles. The molecular weight excluding hydrogens is 162 g/mol. The number of rotatable bonds is 3. The highest BCUT2D eigenvalue weighted by molar-refractivity contribution is 5.84. The second kappa shape index (κ2) is 4.19. The van der Waals surface area contributed by atoms with Crippen molar-refractivity contribution in [2.45, 2.75) is 18.9 Å². The minimum absolute atomic E-state index is 0.150. The van der Waals surface area contributed by atoms with Crippen LogP contribution < -0.4 is 5.32 Å². The molecule has 0 aromatic rings. The summed E-state index contributed by atoms with van der Waals surface area (Å²) in [6.45, 7) is 6.08. The van der Waals surface area contributed by atoms with Crippen molar-refractivity contribution in [1.82, 2.24) is 5.32 Å². The highest BCUT2D eigenvalue weighted by Gasteiger charge is 2.30. The van der Waals surface area contributed by atoms with Crippen LogP contribution in [0.4, 0.5) is 0 Å². The van der Waals surface area contributed by atoms with Crippen LogP contribution in [-0.4, -0.2) is 17.9 Å². The highest BCUT2D eigenvalue weighted by atomic mass is 16.1. The average Bonchev–Trinajstić information content (AvgIpc) is 2.41. The molecule has 0 aliphatic carbocycles. The normalized spacial score (nSPS) is 29.2. The summed E-state index contributed by atoms with van der Waals surface area (Å²) in [7, 11) is 0. The van der Waals surface area contributed by atoms with Crippen molar-refractivity contribution in [3.63, 3.8) is 0 Å². The number of carbonyl (C=O) groups is 1. The summed E-state index contributed by atoms with van der Waals surface area (Å²) in [5.41, 5.74) is -0.150. The zero-order chi connectivity index (χ0) is 9.73. The van der Waals surface area contributed by atoms with E-state index in [1.54, 1.807) is 6.08 Å². The lowest BCUT2D eigenvalue weighted by atomic mass is 9.99. The molecule has 1 unspecified atom stereocenters. The number of nitrogens with one attached hydrogen (secondary N) is 1. The molecule has 1 rings (SSSR count). The van der Waals surface area contributed by atoms with E-state index in [1.807, 2.05) is 31.2 Å². The lowest BCUT2D eigenvalue weighted by molar-refractivity contribution is -0.116. The van der Waals surface area contributed by atoms with Crippen LogP contribution in [0.3, 0.4) is 0 Å². The topological polar surface area (TPSA) is 29.1 Å². The Balaban J connectivity index is 2.52. The summed E-state index contributed by atoms with van der Waals surface area (Å²) in [5.74, 6) is 0.278. The second-order valence-corrected chi connectivity index (χ2v) is 3.47. The Kier molecular flexibility index (Phi) is 3.20. The molecule has 0 spiro atoms. The first-order chi connectivity index (χ1) is 6.16. The predicted molar refractivity (Wildman–Crippen MR) is 54.5 cm³/mol. The van der Waals surface area contributed by atoms with Crippen LogP contribution in [0.1, 0.15) is 13.3 Å². The summed E-state index contributed by atoms with van der Waals surface area (Å²) in [4.78, 5) is 11.0. The number of hydrogen-bond donors (Lipinski definition) is 1. The van der Waals surface area contributed by atoms with Gasteiger partial charge in [0.15, 0.2) is 0 Å². The lowest BCUT2D eigenvalue weighted by Crippen LogP contribution is -2.33. The number of Topliss-reactive ketones (excluding diaryl/α,β-unsaturated/α-hetero) is 1. The van der Waals surface area contributed by atoms with E-state index in [4.69, 9.17) is 0 Å². The summed E-state index contributed by atoms with van der Waals surface area (Å²) in [5, 5.41) is 3.16. The Bertz CT molecular complexity index is 265. The third-order valence-electron chi connectivity index (χ3n) is 2.08. The molecule has 2 heteroatoms. The molecule has 70 valence electrons. The first kappa shape index (κ1) is 9.93. The molecule has 0 amide bonds. The summed E-state index contributed by atoms with van der Waals surface area (Å²) in [6.07, 6.45) is 10.0. The van der Waals surface area contributed by atoms with Crippen LogP contribution in [0.15, 0.2) is 37.0 Å². The molecule has 2 nitrogen and oxygen atoms in total. The first-order valence-electron chi connectivity index (χ1n) is 4.40. The Hall–Kier alpha value is -1.15. The van der Waals surface area contributed by atoms with Crippen LogP contribution in [0.5, 0.6) is 0 Å². The maximum atomic E-state index is 11.0. The van der Waals surface area contributed by atoms with E-state index in [9.17, 15) is 4.79 Å². The fourth-order valence-electron chi connectivity index (χ4n) is 1.36. The third-order valence-corrected chi connectivity index (χ3v) is 2.08. The van der Waals surface area contributed by atoms with E-state index in [0.717, 1.165) is 0 Å². The Morgan fingerprint density at radius 1 is 1.46 bits per heavy atom. The molecule has 1 heterocycles. The third kappa shape index (κ3) is 2.99. The lowest BCUT2D eigenvalue weighted by Gasteiger charge is -2.17. The van der Waals surface area contributed by atoms with Crippen LogP contribution in [0.2, 0.25) is 0 Å². The van der Waals surface area contributed by atoms with Crippen LogP contribution >= 0.6 is 0 Å². The van der Waals surface area contributed by atoms with Crippen molar-refractivity contribution in [1.29, 1.82) is 0 Å². The molecule has 13 heavy (non-hydrogen) atoms. The van der Waals surface area contributed by atoms with Gasteiger partial charge in [-0.2, -0.15) is 0 Å². The van der Waals surface area contributed by atoms with E-state index < -0.39 is 0 Å². The molecule has 1 aliphatic heterocycles. The molecule has 0 saturated carbocycles. The van der Waals surface area contributed by atoms with Crippen molar-refractivity contribution in [2.75, 3.05) is 6.54 Å². The second-order valence-electron chi connectivity index (χ2n) is 3.47. The van der Waals surface area contributed by atoms with Crippen molar-refractivity contribution in [2.24, 2.45) is 0 Å². The standard InChI is InChI=1S/C11H15NO/c1-3-4-5-6-7-11(2)8-10(13)9-12-11/h3-7,12H,1,8-9H2,2H3/b5-4-,7-6+. The van der Waals surface area contributed by atoms with E-state index in [0.29, 0.717) is 13.0 Å². The molecule has 1 aliphatic rings. The number of ketones is 1. The van der Waals surface area contributed by atoms with Crippen molar-refractivity contribution >= 4 is 5.78 Å². The van der Waals surface area contributed by atoms with Gasteiger partial charge in [0.1, 0.15) is 5.78 Å². The van der Waals surface area contributed by atoms with Gasteiger partial charge >= 0.3 is 0 Å². The Labute approximate surface area is 79.0 Å². The van der Waals surface area contributed by atoms with Gasteiger partial charge in [-0.3, -0.25) is 4.79 Å². The van der Waals surface area contributed by atoms with Crippen LogP contribution in [0, 0.1) is 0 Å². The van der Waals surface area contributed by atoms with Gasteiger partial charge in [-0.25, -0.2) is 0 Å². The van der Waals surface area contributed by atoms with E-state index in [2.05, 4.69) is 11.9 Å². The molecule has 0 aromatic carbocycles. The summed E-state index contributed by atoms with van der Waals surface area (Å²) >= 11 is 0. The maximum Gasteiger partial charge on any atom is 0.148 e. The molecule has 1 saturated heterocycles. The molecule has 1 atom stereocenters. The number of hydrogen-bond acceptors (Lipinski definition) is 2. The minimum atomic E-state index is -0.150. The summed E-state index contributed by atoms with van der Waals surface area (Å²) in [6, 6.07) is 0. The highest BCUT2D eigenvalue weighted by Crippen LogP contribution is 2.17. The molecular formula is C11H15NO. The largest absolute Gasteiger partial charge is 0.301 e. The average molecular weight is 177 g/mol. The zero-order valence-electron chi connectivity index (χ0n) is 7.92. The smallest absolute Gasteiger partial charge is 0.148 e. The fourth-order valence-corrected chi connectivity index (χ4v) is 1.36. The van der Waals surface area contributed by atoms with E-state index >= 15 is 0 Å². The van der Waals surface area contributed by atoms with Gasteiger partial charge in [0.25, 0.3) is 0 Å². The van der Waals surface area contributed by atoms with Crippen molar-refractivity contribution in [3.05, 3.63) is 37.0 Å². The van der Waals surface area contributed by atoms with Gasteiger partial charge in [0.05, 0.1) is 6.54 Å². The SMILES string of the molecule is C=C/C=C\C=C\C1(C)CC(=O)CN1. The Morgan fingerprint density at radius 2 is 2.23 bits per heavy atom.